The number of carbonyl (C=O) groups excluding carboxylic acids is 1. The lowest BCUT2D eigenvalue weighted by Crippen LogP contribution is -2.22. The number of benzene rings is 1. The molecule has 18 heavy (non-hydrogen) atoms. The standard InChI is InChI=1S/C14H21ClN2O/c15-13-7-5-6-12(10-13)11-17-14(18)8-3-1-2-4-9-16/h5-7,10H,1-4,8-9,11,16H2,(H,17,18). The predicted molar refractivity (Wildman–Crippen MR) is 75.4 cm³/mol. The zero-order valence-electron chi connectivity index (χ0n) is 10.6. The Bertz CT molecular complexity index is 369. The molecule has 0 aliphatic carbocycles. The SMILES string of the molecule is NCCCCCCC(=O)NCc1cccc(Cl)c1. The second-order valence-corrected chi connectivity index (χ2v) is 4.80. The molecule has 0 unspecified atom stereocenters. The molecule has 1 aromatic rings. The highest BCUT2D eigenvalue weighted by atomic mass is 35.5. The van der Waals surface area contributed by atoms with Crippen LogP contribution in [0.2, 0.25) is 5.02 Å². The summed E-state index contributed by atoms with van der Waals surface area (Å²) in [4.78, 5) is 11.6. The molecule has 0 fully saturated rings. The topological polar surface area (TPSA) is 55.1 Å². The monoisotopic (exact) mass is 268 g/mol. The number of rotatable bonds is 8. The van der Waals surface area contributed by atoms with E-state index in [0.29, 0.717) is 18.0 Å². The first-order chi connectivity index (χ1) is 8.72. The second kappa shape index (κ2) is 8.95. The van der Waals surface area contributed by atoms with Crippen molar-refractivity contribution in [1.82, 2.24) is 5.32 Å². The molecule has 4 heteroatoms. The fourth-order valence-electron chi connectivity index (χ4n) is 1.72. The molecule has 100 valence electrons. The van der Waals surface area contributed by atoms with E-state index >= 15 is 0 Å². The highest BCUT2D eigenvalue weighted by Gasteiger charge is 2.01. The first-order valence-electron chi connectivity index (χ1n) is 6.43. The highest BCUT2D eigenvalue weighted by Crippen LogP contribution is 2.10. The van der Waals surface area contributed by atoms with Crippen molar-refractivity contribution in [2.75, 3.05) is 6.54 Å². The number of amides is 1. The molecular weight excluding hydrogens is 248 g/mol. The van der Waals surface area contributed by atoms with Crippen LogP contribution in [0.3, 0.4) is 0 Å². The van der Waals surface area contributed by atoms with Crippen LogP contribution in [0.25, 0.3) is 0 Å². The molecule has 3 nitrogen and oxygen atoms in total. The van der Waals surface area contributed by atoms with Crippen LogP contribution in [0.4, 0.5) is 0 Å². The molecule has 0 saturated heterocycles. The molecule has 3 N–H and O–H groups in total. The molecular formula is C14H21ClN2O. The van der Waals surface area contributed by atoms with Gasteiger partial charge in [-0.2, -0.15) is 0 Å². The molecule has 0 aliphatic rings. The Balaban J connectivity index is 2.13. The lowest BCUT2D eigenvalue weighted by atomic mass is 10.1. The Morgan fingerprint density at radius 1 is 1.22 bits per heavy atom. The molecule has 0 spiro atoms. The van der Waals surface area contributed by atoms with Gasteiger partial charge in [-0.15, -0.1) is 0 Å². The fraction of sp³-hybridized carbons (Fsp3) is 0.500. The van der Waals surface area contributed by atoms with Crippen molar-refractivity contribution in [3.05, 3.63) is 34.9 Å². The van der Waals surface area contributed by atoms with Gasteiger partial charge < -0.3 is 11.1 Å². The molecule has 0 bridgehead atoms. The van der Waals surface area contributed by atoms with E-state index in [2.05, 4.69) is 5.32 Å². The quantitative estimate of drug-likeness (QED) is 0.713. The van der Waals surface area contributed by atoms with Crippen molar-refractivity contribution in [2.45, 2.75) is 38.6 Å². The normalized spacial score (nSPS) is 10.3. The summed E-state index contributed by atoms with van der Waals surface area (Å²) in [6.45, 7) is 1.28. The minimum Gasteiger partial charge on any atom is -0.352 e. The lowest BCUT2D eigenvalue weighted by Gasteiger charge is -2.05. The Morgan fingerprint density at radius 3 is 2.72 bits per heavy atom. The number of unbranched alkanes of at least 4 members (excludes halogenated alkanes) is 3. The number of halogens is 1. The predicted octanol–water partition coefficient (Wildman–Crippen LogP) is 2.87. The average Bonchev–Trinajstić information content (AvgIpc) is 2.36. The molecule has 0 radical (unpaired) electrons. The van der Waals surface area contributed by atoms with Crippen LogP contribution in [-0.4, -0.2) is 12.5 Å². The third-order valence-corrected chi connectivity index (χ3v) is 2.97. The Hall–Kier alpha value is -1.06. The van der Waals surface area contributed by atoms with Gasteiger partial charge >= 0.3 is 0 Å². The van der Waals surface area contributed by atoms with E-state index in [0.717, 1.165) is 37.8 Å². The van der Waals surface area contributed by atoms with Crippen LogP contribution >= 0.6 is 11.6 Å². The largest absolute Gasteiger partial charge is 0.352 e. The smallest absolute Gasteiger partial charge is 0.220 e. The maximum atomic E-state index is 11.6. The summed E-state index contributed by atoms with van der Waals surface area (Å²) in [5, 5.41) is 3.59. The third-order valence-electron chi connectivity index (χ3n) is 2.74. The van der Waals surface area contributed by atoms with Gasteiger partial charge in [-0.1, -0.05) is 36.6 Å². The summed E-state index contributed by atoms with van der Waals surface area (Å²) < 4.78 is 0. The van der Waals surface area contributed by atoms with Gasteiger partial charge in [-0.25, -0.2) is 0 Å². The van der Waals surface area contributed by atoms with Crippen LogP contribution in [0.5, 0.6) is 0 Å². The molecule has 0 heterocycles. The van der Waals surface area contributed by atoms with Crippen molar-refractivity contribution >= 4 is 17.5 Å². The van der Waals surface area contributed by atoms with Crippen LogP contribution in [0.1, 0.15) is 37.7 Å². The van der Waals surface area contributed by atoms with Gasteiger partial charge in [0.1, 0.15) is 0 Å². The average molecular weight is 269 g/mol. The summed E-state index contributed by atoms with van der Waals surface area (Å²) in [5.41, 5.74) is 6.43. The molecule has 0 aromatic heterocycles. The van der Waals surface area contributed by atoms with E-state index < -0.39 is 0 Å². The first-order valence-corrected chi connectivity index (χ1v) is 6.81. The third kappa shape index (κ3) is 6.62. The van der Waals surface area contributed by atoms with Gasteiger partial charge in [0, 0.05) is 18.0 Å². The number of nitrogens with one attached hydrogen (secondary N) is 1. The fourth-order valence-corrected chi connectivity index (χ4v) is 1.93. The van der Waals surface area contributed by atoms with Crippen molar-refractivity contribution in [3.63, 3.8) is 0 Å². The van der Waals surface area contributed by atoms with E-state index in [1.54, 1.807) is 0 Å². The number of hydrogen-bond acceptors (Lipinski definition) is 2. The minimum absolute atomic E-state index is 0.0997. The van der Waals surface area contributed by atoms with Crippen LogP contribution in [0.15, 0.2) is 24.3 Å². The minimum atomic E-state index is 0.0997. The maximum Gasteiger partial charge on any atom is 0.220 e. The van der Waals surface area contributed by atoms with Gasteiger partial charge in [0.25, 0.3) is 0 Å². The van der Waals surface area contributed by atoms with E-state index in [1.807, 2.05) is 24.3 Å². The molecule has 0 saturated carbocycles. The Labute approximate surface area is 114 Å². The van der Waals surface area contributed by atoms with Crippen LogP contribution in [-0.2, 0) is 11.3 Å². The van der Waals surface area contributed by atoms with Gasteiger partial charge in [-0.05, 0) is 37.1 Å². The molecule has 1 aromatic carbocycles. The summed E-state index contributed by atoms with van der Waals surface area (Å²) in [6.07, 6.45) is 4.75. The van der Waals surface area contributed by atoms with Crippen molar-refractivity contribution in [3.8, 4) is 0 Å². The van der Waals surface area contributed by atoms with Crippen molar-refractivity contribution in [2.24, 2.45) is 5.73 Å². The van der Waals surface area contributed by atoms with E-state index in [4.69, 9.17) is 17.3 Å². The molecule has 1 amide bonds. The van der Waals surface area contributed by atoms with Gasteiger partial charge in [-0.3, -0.25) is 4.79 Å². The first kappa shape index (κ1) is 15.0. The van der Waals surface area contributed by atoms with E-state index in [1.165, 1.54) is 0 Å². The van der Waals surface area contributed by atoms with Gasteiger partial charge in [0.2, 0.25) is 5.91 Å². The zero-order chi connectivity index (χ0) is 13.2. The Morgan fingerprint density at radius 2 is 2.00 bits per heavy atom. The van der Waals surface area contributed by atoms with E-state index in [-0.39, 0.29) is 5.91 Å². The van der Waals surface area contributed by atoms with Crippen molar-refractivity contribution < 1.29 is 4.79 Å². The molecule has 1 rings (SSSR count). The summed E-state index contributed by atoms with van der Waals surface area (Å²) >= 11 is 5.87. The van der Waals surface area contributed by atoms with Gasteiger partial charge in [0.05, 0.1) is 0 Å². The summed E-state index contributed by atoms with van der Waals surface area (Å²) in [6, 6.07) is 7.53. The van der Waals surface area contributed by atoms with Crippen LogP contribution in [0, 0.1) is 0 Å². The Kier molecular flexibility index (Phi) is 7.46. The van der Waals surface area contributed by atoms with Crippen LogP contribution < -0.4 is 11.1 Å². The van der Waals surface area contributed by atoms with Gasteiger partial charge in [0.15, 0.2) is 0 Å². The molecule has 0 aliphatic heterocycles. The zero-order valence-corrected chi connectivity index (χ0v) is 11.4. The second-order valence-electron chi connectivity index (χ2n) is 4.36. The number of nitrogens with two attached hydrogens (primary N) is 1. The lowest BCUT2D eigenvalue weighted by molar-refractivity contribution is -0.121. The summed E-state index contributed by atoms with van der Waals surface area (Å²) in [7, 11) is 0. The number of hydrogen-bond donors (Lipinski definition) is 2. The maximum absolute atomic E-state index is 11.6. The summed E-state index contributed by atoms with van der Waals surface area (Å²) in [5.74, 6) is 0.0997. The highest BCUT2D eigenvalue weighted by molar-refractivity contribution is 6.30. The molecule has 0 atom stereocenters. The number of carbonyl (C=O) groups is 1. The van der Waals surface area contributed by atoms with E-state index in [9.17, 15) is 4.79 Å². The van der Waals surface area contributed by atoms with Crippen molar-refractivity contribution in [1.29, 1.82) is 0 Å².